The smallest absolute Gasteiger partial charge is 0.313 e. The predicted molar refractivity (Wildman–Crippen MR) is 90.4 cm³/mol. The second kappa shape index (κ2) is 7.83. The number of carbonyl (C=O) groups is 2. The van der Waals surface area contributed by atoms with Crippen molar-refractivity contribution in [1.29, 1.82) is 0 Å². The van der Waals surface area contributed by atoms with Gasteiger partial charge in [0.2, 0.25) is 6.79 Å². The van der Waals surface area contributed by atoms with Gasteiger partial charge in [-0.15, -0.1) is 0 Å². The Bertz CT molecular complexity index is 827. The number of rotatable bonds is 5. The minimum absolute atomic E-state index is 0.0212. The molecule has 3 rings (SSSR count). The number of benzene rings is 2. The van der Waals surface area contributed by atoms with Gasteiger partial charge in [0.05, 0.1) is 6.10 Å². The maximum Gasteiger partial charge on any atom is 0.313 e. The van der Waals surface area contributed by atoms with Gasteiger partial charge in [0.25, 0.3) is 0 Å². The zero-order valence-electron chi connectivity index (χ0n) is 14.0. The zero-order chi connectivity index (χ0) is 18.5. The molecule has 0 saturated heterocycles. The molecule has 2 aromatic carbocycles. The SMILES string of the molecule is COC(CNC(=O)C(=O)Nc1ccc2c(c1)OCO2)c1cccc(F)c1. The molecule has 1 aliphatic rings. The van der Waals surface area contributed by atoms with Gasteiger partial charge < -0.3 is 24.8 Å². The Hall–Kier alpha value is -3.13. The Kier molecular flexibility index (Phi) is 5.33. The van der Waals surface area contributed by atoms with E-state index in [9.17, 15) is 14.0 Å². The highest BCUT2D eigenvalue weighted by Gasteiger charge is 2.19. The summed E-state index contributed by atoms with van der Waals surface area (Å²) in [5, 5.41) is 4.94. The first kappa shape index (κ1) is 17.7. The Morgan fingerprint density at radius 2 is 1.96 bits per heavy atom. The van der Waals surface area contributed by atoms with Crippen molar-refractivity contribution in [3.8, 4) is 11.5 Å². The average molecular weight is 360 g/mol. The molecule has 2 N–H and O–H groups in total. The molecule has 1 unspecified atom stereocenters. The molecule has 0 aliphatic carbocycles. The van der Waals surface area contributed by atoms with Crippen LogP contribution in [0.2, 0.25) is 0 Å². The van der Waals surface area contributed by atoms with Crippen molar-refractivity contribution in [3.05, 3.63) is 53.8 Å². The summed E-state index contributed by atoms with van der Waals surface area (Å²) in [6.45, 7) is 0.138. The van der Waals surface area contributed by atoms with E-state index in [0.29, 0.717) is 22.7 Å². The molecule has 136 valence electrons. The number of ether oxygens (including phenoxy) is 3. The van der Waals surface area contributed by atoms with Crippen LogP contribution in [0.25, 0.3) is 0 Å². The van der Waals surface area contributed by atoms with E-state index in [0.717, 1.165) is 0 Å². The first-order valence-electron chi connectivity index (χ1n) is 7.84. The third kappa shape index (κ3) is 4.09. The Balaban J connectivity index is 1.56. The lowest BCUT2D eigenvalue weighted by Crippen LogP contribution is -2.38. The summed E-state index contributed by atoms with van der Waals surface area (Å²) >= 11 is 0. The molecule has 1 heterocycles. The van der Waals surface area contributed by atoms with Crippen LogP contribution in [0.3, 0.4) is 0 Å². The quantitative estimate of drug-likeness (QED) is 0.797. The molecule has 0 saturated carbocycles. The largest absolute Gasteiger partial charge is 0.454 e. The van der Waals surface area contributed by atoms with E-state index in [2.05, 4.69) is 10.6 Å². The van der Waals surface area contributed by atoms with Crippen LogP contribution >= 0.6 is 0 Å². The van der Waals surface area contributed by atoms with Crippen molar-refractivity contribution in [2.75, 3.05) is 25.8 Å². The number of methoxy groups -OCH3 is 1. The maximum absolute atomic E-state index is 13.3. The van der Waals surface area contributed by atoms with Gasteiger partial charge in [-0.3, -0.25) is 9.59 Å². The minimum atomic E-state index is -0.835. The highest BCUT2D eigenvalue weighted by atomic mass is 19.1. The number of nitrogens with one attached hydrogen (secondary N) is 2. The maximum atomic E-state index is 13.3. The molecule has 1 atom stereocenters. The fraction of sp³-hybridized carbons (Fsp3) is 0.222. The van der Waals surface area contributed by atoms with Crippen LogP contribution in [-0.4, -0.2) is 32.3 Å². The molecule has 0 bridgehead atoms. The van der Waals surface area contributed by atoms with Crippen LogP contribution in [0.1, 0.15) is 11.7 Å². The van der Waals surface area contributed by atoms with Crippen LogP contribution < -0.4 is 20.1 Å². The van der Waals surface area contributed by atoms with E-state index < -0.39 is 23.7 Å². The molecule has 0 aromatic heterocycles. The zero-order valence-corrected chi connectivity index (χ0v) is 14.0. The molecule has 7 nitrogen and oxygen atoms in total. The molecule has 2 amide bonds. The van der Waals surface area contributed by atoms with Gasteiger partial charge in [0, 0.05) is 25.4 Å². The van der Waals surface area contributed by atoms with Crippen molar-refractivity contribution < 1.29 is 28.2 Å². The van der Waals surface area contributed by atoms with Crippen molar-refractivity contribution in [3.63, 3.8) is 0 Å². The lowest BCUT2D eigenvalue weighted by atomic mass is 10.1. The van der Waals surface area contributed by atoms with Crippen molar-refractivity contribution in [2.45, 2.75) is 6.10 Å². The fourth-order valence-electron chi connectivity index (χ4n) is 2.47. The minimum Gasteiger partial charge on any atom is -0.454 e. The topological polar surface area (TPSA) is 85.9 Å². The second-order valence-corrected chi connectivity index (χ2v) is 5.51. The van der Waals surface area contributed by atoms with Crippen LogP contribution in [0.15, 0.2) is 42.5 Å². The molecule has 26 heavy (non-hydrogen) atoms. The van der Waals surface area contributed by atoms with Gasteiger partial charge in [-0.2, -0.15) is 0 Å². The van der Waals surface area contributed by atoms with Crippen LogP contribution in [-0.2, 0) is 14.3 Å². The second-order valence-electron chi connectivity index (χ2n) is 5.51. The lowest BCUT2D eigenvalue weighted by Gasteiger charge is -2.16. The summed E-state index contributed by atoms with van der Waals surface area (Å²) in [5.74, 6) is -1.00. The lowest BCUT2D eigenvalue weighted by molar-refractivity contribution is -0.136. The highest BCUT2D eigenvalue weighted by molar-refractivity contribution is 6.39. The molecule has 0 fully saturated rings. The van der Waals surface area contributed by atoms with E-state index in [1.165, 1.54) is 19.2 Å². The van der Waals surface area contributed by atoms with E-state index in [-0.39, 0.29) is 13.3 Å². The summed E-state index contributed by atoms with van der Waals surface area (Å²) in [5.41, 5.74) is 0.965. The first-order valence-corrected chi connectivity index (χ1v) is 7.84. The van der Waals surface area contributed by atoms with E-state index in [1.807, 2.05) is 0 Å². The Labute approximate surface area is 149 Å². The predicted octanol–water partition coefficient (Wildman–Crippen LogP) is 2.00. The molecule has 2 aromatic rings. The average Bonchev–Trinajstić information content (AvgIpc) is 3.10. The summed E-state index contributed by atoms with van der Waals surface area (Å²) < 4.78 is 28.9. The summed E-state index contributed by atoms with van der Waals surface area (Å²) in [4.78, 5) is 24.0. The van der Waals surface area contributed by atoms with E-state index in [1.54, 1.807) is 30.3 Å². The summed E-state index contributed by atoms with van der Waals surface area (Å²) in [6.07, 6.45) is -0.576. The highest BCUT2D eigenvalue weighted by Crippen LogP contribution is 2.34. The van der Waals surface area contributed by atoms with Gasteiger partial charge in [-0.25, -0.2) is 4.39 Å². The molecular formula is C18H17FN2O5. The molecule has 1 aliphatic heterocycles. The number of anilines is 1. The van der Waals surface area contributed by atoms with Crippen LogP contribution in [0.5, 0.6) is 11.5 Å². The fourth-order valence-corrected chi connectivity index (χ4v) is 2.47. The Morgan fingerprint density at radius 1 is 1.15 bits per heavy atom. The number of amides is 2. The van der Waals surface area contributed by atoms with E-state index in [4.69, 9.17) is 14.2 Å². The Morgan fingerprint density at radius 3 is 2.73 bits per heavy atom. The van der Waals surface area contributed by atoms with Gasteiger partial charge in [0.15, 0.2) is 11.5 Å². The van der Waals surface area contributed by atoms with E-state index >= 15 is 0 Å². The van der Waals surface area contributed by atoms with Crippen molar-refractivity contribution in [2.24, 2.45) is 0 Å². The molecule has 0 radical (unpaired) electrons. The van der Waals surface area contributed by atoms with Gasteiger partial charge in [-0.05, 0) is 29.8 Å². The third-order valence-electron chi connectivity index (χ3n) is 3.79. The molecule has 8 heteroatoms. The summed E-state index contributed by atoms with van der Waals surface area (Å²) in [6, 6.07) is 10.7. The van der Waals surface area contributed by atoms with Gasteiger partial charge >= 0.3 is 11.8 Å². The van der Waals surface area contributed by atoms with Crippen molar-refractivity contribution >= 4 is 17.5 Å². The van der Waals surface area contributed by atoms with Gasteiger partial charge in [-0.1, -0.05) is 12.1 Å². The summed E-state index contributed by atoms with van der Waals surface area (Å²) in [7, 11) is 1.44. The third-order valence-corrected chi connectivity index (χ3v) is 3.79. The van der Waals surface area contributed by atoms with Crippen LogP contribution in [0.4, 0.5) is 10.1 Å². The van der Waals surface area contributed by atoms with Crippen molar-refractivity contribution in [1.82, 2.24) is 5.32 Å². The molecule has 0 spiro atoms. The monoisotopic (exact) mass is 360 g/mol. The first-order chi connectivity index (χ1) is 12.6. The normalized spacial score (nSPS) is 13.2. The standard InChI is InChI=1S/C18H17FN2O5/c1-24-16(11-3-2-4-12(19)7-11)9-20-17(22)18(23)21-13-5-6-14-15(8-13)26-10-25-14/h2-8,16H,9-10H2,1H3,(H,20,22)(H,21,23). The van der Waals surface area contributed by atoms with Crippen LogP contribution in [0, 0.1) is 5.82 Å². The number of fused-ring (bicyclic) bond motifs is 1. The number of carbonyl (C=O) groups excluding carboxylic acids is 2. The number of hydrogen-bond donors (Lipinski definition) is 2. The number of halogens is 1. The van der Waals surface area contributed by atoms with Gasteiger partial charge in [0.1, 0.15) is 5.82 Å². The number of hydrogen-bond acceptors (Lipinski definition) is 5. The molecular weight excluding hydrogens is 343 g/mol.